The molecule has 1 amide bonds. The standard InChI is InChI=1S/C13H22N2O3/c1-2-8(13(17)18)6-15-12(16)11-10-5-3-4-9(10)7-14-11/h8-11,14H,2-7H2,1H3,(H,15,16)(H,17,18). The fourth-order valence-corrected chi connectivity index (χ4v) is 3.21. The van der Waals surface area contributed by atoms with Gasteiger partial charge in [-0.05, 0) is 37.6 Å². The molecule has 0 spiro atoms. The number of aliphatic carboxylic acids is 1. The first kappa shape index (κ1) is 13.3. The Hall–Kier alpha value is -1.10. The molecule has 5 nitrogen and oxygen atoms in total. The summed E-state index contributed by atoms with van der Waals surface area (Å²) in [7, 11) is 0. The zero-order chi connectivity index (χ0) is 13.1. The van der Waals surface area contributed by atoms with Crippen molar-refractivity contribution in [3.63, 3.8) is 0 Å². The van der Waals surface area contributed by atoms with Crippen molar-refractivity contribution in [3.8, 4) is 0 Å². The Bertz CT molecular complexity index is 332. The fraction of sp³-hybridized carbons (Fsp3) is 0.846. The number of carbonyl (C=O) groups is 2. The second-order valence-corrected chi connectivity index (χ2v) is 5.43. The molecule has 0 bridgehead atoms. The first-order chi connectivity index (χ1) is 8.63. The Morgan fingerprint density at radius 1 is 1.44 bits per heavy atom. The Labute approximate surface area is 107 Å². The van der Waals surface area contributed by atoms with Crippen LogP contribution in [0.15, 0.2) is 0 Å². The smallest absolute Gasteiger partial charge is 0.308 e. The molecular weight excluding hydrogens is 232 g/mol. The topological polar surface area (TPSA) is 78.4 Å². The largest absolute Gasteiger partial charge is 0.481 e. The van der Waals surface area contributed by atoms with Crippen molar-refractivity contribution >= 4 is 11.9 Å². The number of amides is 1. The molecule has 1 saturated carbocycles. The summed E-state index contributed by atoms with van der Waals surface area (Å²) in [5.41, 5.74) is 0. The van der Waals surface area contributed by atoms with Crippen LogP contribution in [0.2, 0.25) is 0 Å². The van der Waals surface area contributed by atoms with E-state index in [2.05, 4.69) is 10.6 Å². The van der Waals surface area contributed by atoms with Gasteiger partial charge in [0.15, 0.2) is 0 Å². The summed E-state index contributed by atoms with van der Waals surface area (Å²) in [4.78, 5) is 22.9. The van der Waals surface area contributed by atoms with Crippen LogP contribution in [0.1, 0.15) is 32.6 Å². The molecule has 2 aliphatic rings. The third kappa shape index (κ3) is 2.66. The lowest BCUT2D eigenvalue weighted by Gasteiger charge is -2.19. The van der Waals surface area contributed by atoms with Gasteiger partial charge >= 0.3 is 5.97 Å². The van der Waals surface area contributed by atoms with E-state index in [1.807, 2.05) is 6.92 Å². The molecule has 2 fully saturated rings. The molecule has 1 heterocycles. The molecule has 0 aromatic heterocycles. The highest BCUT2D eigenvalue weighted by molar-refractivity contribution is 5.83. The minimum atomic E-state index is -0.837. The minimum Gasteiger partial charge on any atom is -0.481 e. The Kier molecular flexibility index (Phi) is 4.22. The van der Waals surface area contributed by atoms with E-state index in [1.165, 1.54) is 12.8 Å². The van der Waals surface area contributed by atoms with Crippen molar-refractivity contribution in [2.75, 3.05) is 13.1 Å². The van der Waals surface area contributed by atoms with Crippen LogP contribution in [0.25, 0.3) is 0 Å². The van der Waals surface area contributed by atoms with E-state index >= 15 is 0 Å². The average molecular weight is 254 g/mol. The van der Waals surface area contributed by atoms with Gasteiger partial charge in [0, 0.05) is 6.54 Å². The van der Waals surface area contributed by atoms with Crippen LogP contribution in [-0.4, -0.2) is 36.1 Å². The summed E-state index contributed by atoms with van der Waals surface area (Å²) < 4.78 is 0. The van der Waals surface area contributed by atoms with Gasteiger partial charge in [-0.15, -0.1) is 0 Å². The van der Waals surface area contributed by atoms with Crippen molar-refractivity contribution < 1.29 is 14.7 Å². The Morgan fingerprint density at radius 2 is 2.22 bits per heavy atom. The van der Waals surface area contributed by atoms with E-state index in [0.29, 0.717) is 18.3 Å². The molecule has 4 unspecified atom stereocenters. The molecule has 5 heteroatoms. The van der Waals surface area contributed by atoms with Gasteiger partial charge in [-0.2, -0.15) is 0 Å². The van der Waals surface area contributed by atoms with Crippen LogP contribution in [0.4, 0.5) is 0 Å². The Morgan fingerprint density at radius 3 is 2.89 bits per heavy atom. The molecule has 0 aromatic rings. The van der Waals surface area contributed by atoms with E-state index in [-0.39, 0.29) is 18.5 Å². The van der Waals surface area contributed by atoms with Gasteiger partial charge in [-0.1, -0.05) is 13.3 Å². The highest BCUT2D eigenvalue weighted by Gasteiger charge is 2.42. The van der Waals surface area contributed by atoms with Crippen LogP contribution < -0.4 is 10.6 Å². The van der Waals surface area contributed by atoms with Crippen LogP contribution >= 0.6 is 0 Å². The highest BCUT2D eigenvalue weighted by Crippen LogP contribution is 2.37. The maximum atomic E-state index is 12.1. The molecule has 0 aromatic carbocycles. The lowest BCUT2D eigenvalue weighted by Crippen LogP contribution is -2.45. The molecule has 1 aliphatic carbocycles. The molecule has 102 valence electrons. The molecule has 3 N–H and O–H groups in total. The summed E-state index contributed by atoms with van der Waals surface area (Å²) in [6.45, 7) is 2.99. The van der Waals surface area contributed by atoms with E-state index < -0.39 is 11.9 Å². The van der Waals surface area contributed by atoms with Crippen molar-refractivity contribution in [3.05, 3.63) is 0 Å². The molecular formula is C13H22N2O3. The molecule has 18 heavy (non-hydrogen) atoms. The normalized spacial score (nSPS) is 31.9. The predicted molar refractivity (Wildman–Crippen MR) is 67.0 cm³/mol. The summed E-state index contributed by atoms with van der Waals surface area (Å²) in [5, 5.41) is 15.0. The van der Waals surface area contributed by atoms with Crippen LogP contribution in [-0.2, 0) is 9.59 Å². The second kappa shape index (κ2) is 5.69. The van der Waals surface area contributed by atoms with Crippen molar-refractivity contribution in [1.29, 1.82) is 0 Å². The van der Waals surface area contributed by atoms with Crippen molar-refractivity contribution in [2.45, 2.75) is 38.6 Å². The second-order valence-electron chi connectivity index (χ2n) is 5.43. The van der Waals surface area contributed by atoms with Gasteiger partial charge in [-0.25, -0.2) is 0 Å². The average Bonchev–Trinajstić information content (AvgIpc) is 2.90. The lowest BCUT2D eigenvalue weighted by molar-refractivity contribution is -0.141. The van der Waals surface area contributed by atoms with Crippen LogP contribution in [0.3, 0.4) is 0 Å². The lowest BCUT2D eigenvalue weighted by atomic mass is 9.93. The summed E-state index contributed by atoms with van der Waals surface area (Å²) in [6, 6.07) is -0.108. The summed E-state index contributed by atoms with van der Waals surface area (Å²) in [5.74, 6) is -0.244. The fourth-order valence-electron chi connectivity index (χ4n) is 3.21. The molecule has 2 rings (SSSR count). The number of fused-ring (bicyclic) bond motifs is 1. The number of carbonyl (C=O) groups excluding carboxylic acids is 1. The van der Waals surface area contributed by atoms with E-state index in [9.17, 15) is 9.59 Å². The van der Waals surface area contributed by atoms with Gasteiger partial charge in [0.1, 0.15) is 0 Å². The SMILES string of the molecule is CCC(CNC(=O)C1NCC2CCCC21)C(=O)O. The highest BCUT2D eigenvalue weighted by atomic mass is 16.4. The van der Waals surface area contributed by atoms with E-state index in [1.54, 1.807) is 0 Å². The van der Waals surface area contributed by atoms with E-state index in [4.69, 9.17) is 5.11 Å². The first-order valence-corrected chi connectivity index (χ1v) is 6.87. The number of nitrogens with one attached hydrogen (secondary N) is 2. The number of carboxylic acid groups (broad SMARTS) is 1. The quantitative estimate of drug-likeness (QED) is 0.671. The van der Waals surface area contributed by atoms with Crippen molar-refractivity contribution in [1.82, 2.24) is 10.6 Å². The predicted octanol–water partition coefficient (Wildman–Crippen LogP) is 0.601. The molecule has 0 radical (unpaired) electrons. The number of hydrogen-bond donors (Lipinski definition) is 3. The number of hydrogen-bond acceptors (Lipinski definition) is 3. The molecule has 4 atom stereocenters. The van der Waals surface area contributed by atoms with Gasteiger partial charge in [-0.3, -0.25) is 9.59 Å². The van der Waals surface area contributed by atoms with Gasteiger partial charge in [0.2, 0.25) is 5.91 Å². The maximum Gasteiger partial charge on any atom is 0.308 e. The molecule has 1 aliphatic heterocycles. The monoisotopic (exact) mass is 254 g/mol. The van der Waals surface area contributed by atoms with Gasteiger partial charge in [0.25, 0.3) is 0 Å². The third-order valence-corrected chi connectivity index (χ3v) is 4.39. The summed E-state index contributed by atoms with van der Waals surface area (Å²) in [6.07, 6.45) is 4.09. The zero-order valence-corrected chi connectivity index (χ0v) is 10.8. The first-order valence-electron chi connectivity index (χ1n) is 6.87. The number of rotatable bonds is 5. The Balaban J connectivity index is 1.83. The van der Waals surface area contributed by atoms with Gasteiger partial charge in [0.05, 0.1) is 12.0 Å². The van der Waals surface area contributed by atoms with Crippen LogP contribution in [0.5, 0.6) is 0 Å². The van der Waals surface area contributed by atoms with E-state index in [0.717, 1.165) is 13.0 Å². The number of carboxylic acids is 1. The molecule has 1 saturated heterocycles. The maximum absolute atomic E-state index is 12.1. The van der Waals surface area contributed by atoms with Gasteiger partial charge < -0.3 is 15.7 Å². The minimum absolute atomic E-state index is 0.0240. The van der Waals surface area contributed by atoms with Crippen LogP contribution in [0, 0.1) is 17.8 Å². The third-order valence-electron chi connectivity index (χ3n) is 4.39. The zero-order valence-electron chi connectivity index (χ0n) is 10.8. The summed E-state index contributed by atoms with van der Waals surface area (Å²) >= 11 is 0. The van der Waals surface area contributed by atoms with Crippen molar-refractivity contribution in [2.24, 2.45) is 17.8 Å².